The van der Waals surface area contributed by atoms with Crippen molar-refractivity contribution >= 4 is 10.8 Å². The lowest BCUT2D eigenvalue weighted by atomic mass is 9.92. The smallest absolute Gasteiger partial charge is 0.0307 e. The van der Waals surface area contributed by atoms with E-state index in [0.717, 1.165) is 26.2 Å². The van der Waals surface area contributed by atoms with Crippen LogP contribution in [0.5, 0.6) is 0 Å². The highest BCUT2D eigenvalue weighted by Crippen LogP contribution is 2.26. The van der Waals surface area contributed by atoms with Gasteiger partial charge in [-0.25, -0.2) is 0 Å². The number of nitrogens with zero attached hydrogens (tertiary/aromatic N) is 1. The molecule has 3 rings (SSSR count). The molecule has 0 saturated carbocycles. The third-order valence-corrected chi connectivity index (χ3v) is 4.83. The van der Waals surface area contributed by atoms with E-state index < -0.39 is 0 Å². The van der Waals surface area contributed by atoms with Crippen molar-refractivity contribution in [3.63, 3.8) is 0 Å². The molecule has 0 radical (unpaired) electrons. The molecule has 1 saturated heterocycles. The summed E-state index contributed by atoms with van der Waals surface area (Å²) in [5.74, 6) is 0. The molecule has 0 aromatic heterocycles. The number of hydrogen-bond acceptors (Lipinski definition) is 2. The molecule has 1 N–H and O–H groups in total. The van der Waals surface area contributed by atoms with E-state index in [-0.39, 0.29) is 5.54 Å². The molecule has 0 spiro atoms. The zero-order valence-electron chi connectivity index (χ0n) is 12.5. The lowest BCUT2D eigenvalue weighted by Gasteiger charge is -2.45. The van der Waals surface area contributed by atoms with E-state index >= 15 is 0 Å². The van der Waals surface area contributed by atoms with Gasteiger partial charge in [0.15, 0.2) is 0 Å². The lowest BCUT2D eigenvalue weighted by Crippen LogP contribution is -2.58. The fourth-order valence-electron chi connectivity index (χ4n) is 3.21. The van der Waals surface area contributed by atoms with Crippen LogP contribution in [-0.4, -0.2) is 30.1 Å². The Morgan fingerprint density at radius 3 is 2.80 bits per heavy atom. The summed E-state index contributed by atoms with van der Waals surface area (Å²) in [5.41, 5.74) is 1.72. The first-order valence-electron chi connectivity index (χ1n) is 7.65. The van der Waals surface area contributed by atoms with Crippen LogP contribution >= 0.6 is 0 Å². The second-order valence-electron chi connectivity index (χ2n) is 6.09. The van der Waals surface area contributed by atoms with Crippen LogP contribution in [0, 0.1) is 0 Å². The minimum atomic E-state index is 0.273. The Morgan fingerprint density at radius 2 is 1.95 bits per heavy atom. The van der Waals surface area contributed by atoms with Gasteiger partial charge in [0.2, 0.25) is 0 Å². The highest BCUT2D eigenvalue weighted by Gasteiger charge is 2.32. The summed E-state index contributed by atoms with van der Waals surface area (Å²) >= 11 is 0. The summed E-state index contributed by atoms with van der Waals surface area (Å²) < 4.78 is 0. The largest absolute Gasteiger partial charge is 0.314 e. The van der Waals surface area contributed by atoms with E-state index in [1.807, 2.05) is 0 Å². The maximum absolute atomic E-state index is 3.54. The SMILES string of the molecule is CCC1(C)CNCCN1Cc1cccc2ccccc12. The molecule has 2 aromatic carbocycles. The lowest BCUT2D eigenvalue weighted by molar-refractivity contribution is 0.0642. The molecule has 2 nitrogen and oxygen atoms in total. The zero-order chi connectivity index (χ0) is 14.0. The van der Waals surface area contributed by atoms with Crippen LogP contribution in [0.4, 0.5) is 0 Å². The summed E-state index contributed by atoms with van der Waals surface area (Å²) in [6.07, 6.45) is 1.19. The van der Waals surface area contributed by atoms with E-state index in [1.54, 1.807) is 0 Å². The minimum Gasteiger partial charge on any atom is -0.314 e. The third kappa shape index (κ3) is 2.46. The Hall–Kier alpha value is -1.38. The van der Waals surface area contributed by atoms with Crippen molar-refractivity contribution in [1.82, 2.24) is 10.2 Å². The normalized spacial score (nSPS) is 24.1. The fourth-order valence-corrected chi connectivity index (χ4v) is 3.21. The van der Waals surface area contributed by atoms with Gasteiger partial charge < -0.3 is 5.32 Å². The highest BCUT2D eigenvalue weighted by molar-refractivity contribution is 5.85. The van der Waals surface area contributed by atoms with Crippen molar-refractivity contribution < 1.29 is 0 Å². The van der Waals surface area contributed by atoms with E-state index in [1.165, 1.54) is 22.8 Å². The Bertz CT molecular complexity index is 587. The molecule has 20 heavy (non-hydrogen) atoms. The molecule has 2 heteroatoms. The zero-order valence-corrected chi connectivity index (χ0v) is 12.5. The van der Waals surface area contributed by atoms with Crippen molar-refractivity contribution in [2.75, 3.05) is 19.6 Å². The van der Waals surface area contributed by atoms with Crippen molar-refractivity contribution in [2.24, 2.45) is 0 Å². The Balaban J connectivity index is 1.92. The van der Waals surface area contributed by atoms with Gasteiger partial charge in [0, 0.05) is 31.7 Å². The average molecular weight is 268 g/mol. The Kier molecular flexibility index (Phi) is 3.77. The molecule has 0 aliphatic carbocycles. The van der Waals surface area contributed by atoms with E-state index in [0.29, 0.717) is 0 Å². The monoisotopic (exact) mass is 268 g/mol. The summed E-state index contributed by atoms with van der Waals surface area (Å²) in [4.78, 5) is 2.64. The van der Waals surface area contributed by atoms with Gasteiger partial charge in [-0.3, -0.25) is 4.90 Å². The van der Waals surface area contributed by atoms with Gasteiger partial charge in [0.1, 0.15) is 0 Å². The van der Waals surface area contributed by atoms with Crippen molar-refractivity contribution in [2.45, 2.75) is 32.4 Å². The number of benzene rings is 2. The van der Waals surface area contributed by atoms with Gasteiger partial charge in [-0.1, -0.05) is 49.4 Å². The Labute approximate surface area is 121 Å². The van der Waals surface area contributed by atoms with Gasteiger partial charge in [-0.2, -0.15) is 0 Å². The topological polar surface area (TPSA) is 15.3 Å². The summed E-state index contributed by atoms with van der Waals surface area (Å²) in [6, 6.07) is 15.4. The second kappa shape index (κ2) is 5.55. The van der Waals surface area contributed by atoms with Gasteiger partial charge in [-0.15, -0.1) is 0 Å². The molecule has 106 valence electrons. The van der Waals surface area contributed by atoms with Crippen LogP contribution in [0.3, 0.4) is 0 Å². The van der Waals surface area contributed by atoms with Crippen LogP contribution in [0.25, 0.3) is 10.8 Å². The van der Waals surface area contributed by atoms with E-state index in [9.17, 15) is 0 Å². The maximum Gasteiger partial charge on any atom is 0.0307 e. The molecular formula is C18H24N2. The first kappa shape index (κ1) is 13.6. The van der Waals surface area contributed by atoms with Crippen molar-refractivity contribution in [3.8, 4) is 0 Å². The molecular weight excluding hydrogens is 244 g/mol. The predicted octanol–water partition coefficient (Wildman–Crippen LogP) is 3.41. The fraction of sp³-hybridized carbons (Fsp3) is 0.444. The van der Waals surface area contributed by atoms with Gasteiger partial charge in [0.25, 0.3) is 0 Å². The molecule has 1 aliphatic heterocycles. The molecule has 1 atom stereocenters. The summed E-state index contributed by atoms with van der Waals surface area (Å²) in [6.45, 7) is 9.04. The van der Waals surface area contributed by atoms with Crippen LogP contribution in [-0.2, 0) is 6.54 Å². The van der Waals surface area contributed by atoms with Gasteiger partial charge in [0.05, 0.1) is 0 Å². The maximum atomic E-state index is 3.54. The number of nitrogens with one attached hydrogen (secondary N) is 1. The summed E-state index contributed by atoms with van der Waals surface area (Å²) in [7, 11) is 0. The molecule has 1 heterocycles. The molecule has 0 bridgehead atoms. The average Bonchev–Trinajstić information content (AvgIpc) is 2.50. The molecule has 1 fully saturated rings. The summed E-state index contributed by atoms with van der Waals surface area (Å²) in [5, 5.41) is 6.28. The third-order valence-electron chi connectivity index (χ3n) is 4.83. The first-order chi connectivity index (χ1) is 9.73. The van der Waals surface area contributed by atoms with Crippen LogP contribution in [0.2, 0.25) is 0 Å². The van der Waals surface area contributed by atoms with Crippen LogP contribution in [0.15, 0.2) is 42.5 Å². The van der Waals surface area contributed by atoms with E-state index in [2.05, 4.69) is 66.5 Å². The Morgan fingerprint density at radius 1 is 1.15 bits per heavy atom. The van der Waals surface area contributed by atoms with Crippen molar-refractivity contribution in [3.05, 3.63) is 48.0 Å². The molecule has 1 aliphatic rings. The van der Waals surface area contributed by atoms with Gasteiger partial charge in [-0.05, 0) is 29.7 Å². The van der Waals surface area contributed by atoms with E-state index in [4.69, 9.17) is 0 Å². The van der Waals surface area contributed by atoms with Crippen LogP contribution < -0.4 is 5.32 Å². The molecule has 0 amide bonds. The highest BCUT2D eigenvalue weighted by atomic mass is 15.2. The number of fused-ring (bicyclic) bond motifs is 1. The second-order valence-corrected chi connectivity index (χ2v) is 6.09. The van der Waals surface area contributed by atoms with Crippen molar-refractivity contribution in [1.29, 1.82) is 0 Å². The minimum absolute atomic E-state index is 0.273. The van der Waals surface area contributed by atoms with Gasteiger partial charge >= 0.3 is 0 Å². The standard InChI is InChI=1S/C18H24N2/c1-3-18(2)14-19-11-12-20(18)13-16-9-6-8-15-7-4-5-10-17(15)16/h4-10,19H,3,11-14H2,1-2H3. The number of rotatable bonds is 3. The predicted molar refractivity (Wildman–Crippen MR) is 85.9 cm³/mol. The molecule has 1 unspecified atom stereocenters. The molecule has 2 aromatic rings. The first-order valence-corrected chi connectivity index (χ1v) is 7.65. The number of hydrogen-bond donors (Lipinski definition) is 1. The quantitative estimate of drug-likeness (QED) is 0.917. The van der Waals surface area contributed by atoms with Crippen LogP contribution in [0.1, 0.15) is 25.8 Å². The number of piperazine rings is 1.